The molecule has 3 aromatic heterocycles. The summed E-state index contributed by atoms with van der Waals surface area (Å²) in [5.74, 6) is 0. The van der Waals surface area contributed by atoms with Crippen molar-refractivity contribution >= 4 is 32.3 Å². The summed E-state index contributed by atoms with van der Waals surface area (Å²) >= 11 is 0. The average Bonchev–Trinajstić information content (AvgIpc) is 3.21. The van der Waals surface area contributed by atoms with E-state index in [2.05, 4.69) is 189 Å². The van der Waals surface area contributed by atoms with Crippen molar-refractivity contribution in [1.82, 2.24) is 15.0 Å². The third-order valence-electron chi connectivity index (χ3n) is 10.7. The number of pyridine rings is 3. The van der Waals surface area contributed by atoms with Gasteiger partial charge < -0.3 is 0 Å². The number of benzene rings is 6. The summed E-state index contributed by atoms with van der Waals surface area (Å²) in [6.45, 7) is 2.24. The molecule has 3 heterocycles. The molecule has 6 aromatic carbocycles. The number of hydrogen-bond acceptors (Lipinski definition) is 3. The van der Waals surface area contributed by atoms with Crippen molar-refractivity contribution in [2.24, 2.45) is 0 Å². The predicted octanol–water partition coefficient (Wildman–Crippen LogP) is 11.5. The molecule has 254 valence electrons. The Morgan fingerprint density at radius 1 is 0.321 bits per heavy atom. The van der Waals surface area contributed by atoms with Crippen LogP contribution in [0.4, 0.5) is 0 Å². The molecule has 0 radical (unpaired) electrons. The molecule has 9 aromatic rings. The SMILES string of the molecule is CC(c1cccc(Cc2cccc3ccccc23)n1)(c1cccc(Cc2cccc3ccccc23)n1)c1cccc(Cc2cccc3ccccc23)n1. The molecule has 0 saturated heterocycles. The van der Waals surface area contributed by atoms with Gasteiger partial charge in [-0.2, -0.15) is 0 Å². The van der Waals surface area contributed by atoms with Gasteiger partial charge in [-0.15, -0.1) is 0 Å². The minimum atomic E-state index is -0.724. The first-order valence-electron chi connectivity index (χ1n) is 18.4. The molecule has 0 unspecified atom stereocenters. The second-order valence-electron chi connectivity index (χ2n) is 14.1. The standard InChI is InChI=1S/C50H39N3/c1-50(47-29-11-23-41(51-47)32-38-20-8-17-35-14-2-5-26-44(35)38,48-30-12-24-42(52-48)33-39-21-9-18-36-15-3-6-27-45(36)39)49-31-13-25-43(53-49)34-40-22-10-19-37-16-4-7-28-46(37)40/h2-31H,32-34H2,1H3. The van der Waals surface area contributed by atoms with Gasteiger partial charge in [0.1, 0.15) is 0 Å². The Kier molecular flexibility index (Phi) is 8.53. The van der Waals surface area contributed by atoms with E-state index < -0.39 is 5.41 Å². The van der Waals surface area contributed by atoms with Gasteiger partial charge in [-0.25, -0.2) is 0 Å². The lowest BCUT2D eigenvalue weighted by atomic mass is 9.78. The van der Waals surface area contributed by atoms with Crippen molar-refractivity contribution in [3.63, 3.8) is 0 Å². The van der Waals surface area contributed by atoms with Crippen molar-refractivity contribution < 1.29 is 0 Å². The van der Waals surface area contributed by atoms with Crippen LogP contribution in [0.3, 0.4) is 0 Å². The Bertz CT molecular complexity index is 2430. The largest absolute Gasteiger partial charge is 0.256 e. The van der Waals surface area contributed by atoms with Crippen LogP contribution in [0.2, 0.25) is 0 Å². The van der Waals surface area contributed by atoms with Crippen LogP contribution < -0.4 is 0 Å². The normalized spacial score (nSPS) is 11.7. The molecule has 0 N–H and O–H groups in total. The van der Waals surface area contributed by atoms with Crippen LogP contribution in [0.1, 0.15) is 57.8 Å². The molecule has 9 rings (SSSR count). The number of rotatable bonds is 9. The lowest BCUT2D eigenvalue weighted by molar-refractivity contribution is 0.610. The quantitative estimate of drug-likeness (QED) is 0.152. The minimum Gasteiger partial charge on any atom is -0.256 e. The number of aromatic nitrogens is 3. The highest BCUT2D eigenvalue weighted by molar-refractivity contribution is 5.87. The third kappa shape index (κ3) is 6.36. The Hall–Kier alpha value is -6.45. The fourth-order valence-electron chi connectivity index (χ4n) is 7.89. The van der Waals surface area contributed by atoms with E-state index in [9.17, 15) is 0 Å². The van der Waals surface area contributed by atoms with Crippen molar-refractivity contribution in [3.8, 4) is 0 Å². The summed E-state index contributed by atoms with van der Waals surface area (Å²) in [4.78, 5) is 16.3. The number of hydrogen-bond donors (Lipinski definition) is 0. The van der Waals surface area contributed by atoms with Crippen molar-refractivity contribution in [2.75, 3.05) is 0 Å². The summed E-state index contributed by atoms with van der Waals surface area (Å²) < 4.78 is 0. The van der Waals surface area contributed by atoms with Gasteiger partial charge in [-0.1, -0.05) is 146 Å². The summed E-state index contributed by atoms with van der Waals surface area (Å²) in [6.07, 6.45) is 2.19. The van der Waals surface area contributed by atoms with Gasteiger partial charge in [0.2, 0.25) is 0 Å². The average molecular weight is 682 g/mol. The maximum Gasteiger partial charge on any atom is 0.0939 e. The molecule has 0 atom stereocenters. The highest BCUT2D eigenvalue weighted by Gasteiger charge is 2.36. The second-order valence-corrected chi connectivity index (χ2v) is 14.1. The Morgan fingerprint density at radius 2 is 0.604 bits per heavy atom. The van der Waals surface area contributed by atoms with Crippen LogP contribution in [0.5, 0.6) is 0 Å². The first-order chi connectivity index (χ1) is 26.1. The van der Waals surface area contributed by atoms with Gasteiger partial charge in [-0.3, -0.25) is 15.0 Å². The van der Waals surface area contributed by atoms with Crippen LogP contribution in [0.25, 0.3) is 32.3 Å². The van der Waals surface area contributed by atoms with Crippen LogP contribution in [0, 0.1) is 0 Å². The summed E-state index contributed by atoms with van der Waals surface area (Å²) in [5, 5.41) is 7.50. The zero-order valence-electron chi connectivity index (χ0n) is 29.8. The van der Waals surface area contributed by atoms with Crippen LogP contribution in [-0.2, 0) is 24.7 Å². The van der Waals surface area contributed by atoms with E-state index in [1.165, 1.54) is 49.0 Å². The maximum absolute atomic E-state index is 5.43. The van der Waals surface area contributed by atoms with E-state index in [1.54, 1.807) is 0 Å². The molecular formula is C50H39N3. The minimum absolute atomic E-state index is 0.724. The fraction of sp³-hybridized carbons (Fsp3) is 0.100. The van der Waals surface area contributed by atoms with Gasteiger partial charge in [0, 0.05) is 36.3 Å². The smallest absolute Gasteiger partial charge is 0.0939 e. The monoisotopic (exact) mass is 681 g/mol. The molecule has 0 fully saturated rings. The molecule has 0 aliphatic carbocycles. The molecule has 3 nitrogen and oxygen atoms in total. The molecule has 0 amide bonds. The summed E-state index contributed by atoms with van der Waals surface area (Å²) in [5.41, 5.74) is 8.91. The zero-order chi connectivity index (χ0) is 35.6. The van der Waals surface area contributed by atoms with E-state index in [0.717, 1.165) is 53.4 Å². The molecular weight excluding hydrogens is 643 g/mol. The van der Waals surface area contributed by atoms with Crippen LogP contribution in [-0.4, -0.2) is 15.0 Å². The molecule has 53 heavy (non-hydrogen) atoms. The lowest BCUT2D eigenvalue weighted by Gasteiger charge is -2.29. The van der Waals surface area contributed by atoms with Gasteiger partial charge >= 0.3 is 0 Å². The first-order valence-corrected chi connectivity index (χ1v) is 18.4. The van der Waals surface area contributed by atoms with Gasteiger partial charge in [-0.05, 0) is 92.3 Å². The number of nitrogens with zero attached hydrogens (tertiary/aromatic N) is 3. The molecule has 0 aliphatic rings. The zero-order valence-corrected chi connectivity index (χ0v) is 29.8. The van der Waals surface area contributed by atoms with Crippen LogP contribution >= 0.6 is 0 Å². The third-order valence-corrected chi connectivity index (χ3v) is 10.7. The molecule has 0 bridgehead atoms. The van der Waals surface area contributed by atoms with E-state index in [0.29, 0.717) is 0 Å². The molecule has 0 aliphatic heterocycles. The highest BCUT2D eigenvalue weighted by Crippen LogP contribution is 2.37. The Labute approximate surface area is 310 Å². The molecule has 3 heteroatoms. The Balaban J connectivity index is 1.15. The van der Waals surface area contributed by atoms with E-state index in [1.807, 2.05) is 0 Å². The maximum atomic E-state index is 5.43. The van der Waals surface area contributed by atoms with Gasteiger partial charge in [0.25, 0.3) is 0 Å². The highest BCUT2D eigenvalue weighted by atomic mass is 14.8. The van der Waals surface area contributed by atoms with E-state index in [-0.39, 0.29) is 0 Å². The number of fused-ring (bicyclic) bond motifs is 3. The fourth-order valence-corrected chi connectivity index (χ4v) is 7.89. The van der Waals surface area contributed by atoms with Gasteiger partial charge in [0.05, 0.1) is 22.5 Å². The molecule has 0 saturated carbocycles. The van der Waals surface area contributed by atoms with Gasteiger partial charge in [0.15, 0.2) is 0 Å². The van der Waals surface area contributed by atoms with E-state index in [4.69, 9.17) is 15.0 Å². The summed E-state index contributed by atoms with van der Waals surface area (Å²) in [7, 11) is 0. The molecule has 0 spiro atoms. The first kappa shape index (κ1) is 32.5. The Morgan fingerprint density at radius 3 is 0.943 bits per heavy atom. The lowest BCUT2D eigenvalue weighted by Crippen LogP contribution is -2.30. The second kappa shape index (κ2) is 13.9. The predicted molar refractivity (Wildman–Crippen MR) is 219 cm³/mol. The topological polar surface area (TPSA) is 38.7 Å². The van der Waals surface area contributed by atoms with Crippen molar-refractivity contribution in [2.45, 2.75) is 31.6 Å². The summed E-state index contributed by atoms with van der Waals surface area (Å²) in [6, 6.07) is 64.6. The van der Waals surface area contributed by atoms with E-state index >= 15 is 0 Å². The van der Waals surface area contributed by atoms with Crippen LogP contribution in [0.15, 0.2) is 182 Å². The van der Waals surface area contributed by atoms with Crippen molar-refractivity contribution in [1.29, 1.82) is 0 Å². The van der Waals surface area contributed by atoms with Crippen molar-refractivity contribution in [3.05, 3.63) is 233 Å².